The van der Waals surface area contributed by atoms with Crippen LogP contribution >= 0.6 is 11.3 Å². The van der Waals surface area contributed by atoms with E-state index in [0.29, 0.717) is 19.1 Å². The molecule has 2 aliphatic rings. The van der Waals surface area contributed by atoms with Crippen LogP contribution in [0.2, 0.25) is 0 Å². The lowest BCUT2D eigenvalue weighted by Crippen LogP contribution is -2.38. The monoisotopic (exact) mass is 404 g/mol. The fourth-order valence-corrected chi connectivity index (χ4v) is 5.10. The van der Waals surface area contributed by atoms with Gasteiger partial charge in [-0.2, -0.15) is 0 Å². The lowest BCUT2D eigenvalue weighted by molar-refractivity contribution is 0.0483. The Morgan fingerprint density at radius 1 is 1.43 bits per heavy atom. The lowest BCUT2D eigenvalue weighted by atomic mass is 9.77. The summed E-state index contributed by atoms with van der Waals surface area (Å²) in [6.07, 6.45) is 2.58. The molecule has 0 aliphatic carbocycles. The lowest BCUT2D eigenvalue weighted by Gasteiger charge is -2.30. The Morgan fingerprint density at radius 3 is 2.96 bits per heavy atom. The number of ether oxygens (including phenoxy) is 1. The molecule has 2 fully saturated rings. The van der Waals surface area contributed by atoms with Gasteiger partial charge in [-0.25, -0.2) is 9.97 Å². The van der Waals surface area contributed by atoms with Gasteiger partial charge in [0.25, 0.3) is 5.91 Å². The van der Waals surface area contributed by atoms with E-state index in [9.17, 15) is 4.79 Å². The number of likely N-dealkylation sites (tertiary alicyclic amines) is 2. The molecule has 9 heteroatoms. The maximum atomic E-state index is 12.8. The second-order valence-electron chi connectivity index (χ2n) is 7.98. The Hall–Kier alpha value is -1.84. The molecule has 2 aromatic rings. The highest BCUT2D eigenvalue weighted by Gasteiger charge is 2.51. The van der Waals surface area contributed by atoms with Crippen LogP contribution in [-0.4, -0.2) is 74.8 Å². The van der Waals surface area contributed by atoms with Crippen LogP contribution in [0, 0.1) is 18.3 Å². The van der Waals surface area contributed by atoms with E-state index in [2.05, 4.69) is 32.3 Å². The Bertz CT molecular complexity index is 836. The highest BCUT2D eigenvalue weighted by Crippen LogP contribution is 2.44. The molecule has 2 aliphatic heterocycles. The maximum absolute atomic E-state index is 12.8. The summed E-state index contributed by atoms with van der Waals surface area (Å²) in [6, 6.07) is 0. The largest absolute Gasteiger partial charge is 0.375 e. The molecule has 4 heterocycles. The van der Waals surface area contributed by atoms with Crippen LogP contribution in [0.15, 0.2) is 11.7 Å². The average Bonchev–Trinajstić information content (AvgIpc) is 3.45. The molecule has 0 N–H and O–H groups in total. The molecule has 2 aromatic heterocycles. The van der Waals surface area contributed by atoms with Crippen molar-refractivity contribution in [2.24, 2.45) is 18.4 Å². The van der Waals surface area contributed by atoms with Gasteiger partial charge in [-0.1, -0.05) is 6.92 Å². The number of thiazole rings is 1. The normalized spacial score (nSPS) is 25.2. The number of carbonyl (C=O) groups excluding carboxylic acids is 1. The van der Waals surface area contributed by atoms with Gasteiger partial charge in [0.2, 0.25) is 5.82 Å². The van der Waals surface area contributed by atoms with E-state index in [4.69, 9.17) is 4.74 Å². The van der Waals surface area contributed by atoms with Crippen molar-refractivity contribution in [1.82, 2.24) is 29.5 Å². The van der Waals surface area contributed by atoms with E-state index in [0.717, 1.165) is 49.8 Å². The molecule has 0 bridgehead atoms. The fourth-order valence-electron chi connectivity index (χ4n) is 4.51. The second kappa shape index (κ2) is 7.88. The summed E-state index contributed by atoms with van der Waals surface area (Å²) < 4.78 is 7.64. The first kappa shape index (κ1) is 19.5. The first-order chi connectivity index (χ1) is 13.5. The SMILES string of the molecule is CCN1C[C@@H](COCc2csc(C)n2)[C@]2(CCN(C(=O)c3ncn(C)n3)C2)C1. The van der Waals surface area contributed by atoms with Gasteiger partial charge in [-0.15, -0.1) is 16.4 Å². The molecule has 1 spiro atoms. The molecule has 0 unspecified atom stereocenters. The van der Waals surface area contributed by atoms with Crippen LogP contribution in [0.5, 0.6) is 0 Å². The number of hydrogen-bond donors (Lipinski definition) is 0. The summed E-state index contributed by atoms with van der Waals surface area (Å²) >= 11 is 1.66. The van der Waals surface area contributed by atoms with Gasteiger partial charge >= 0.3 is 0 Å². The van der Waals surface area contributed by atoms with Crippen LogP contribution in [-0.2, 0) is 18.4 Å². The van der Waals surface area contributed by atoms with E-state index >= 15 is 0 Å². The van der Waals surface area contributed by atoms with Gasteiger partial charge in [-0.05, 0) is 19.9 Å². The van der Waals surface area contributed by atoms with Gasteiger partial charge in [0.05, 0.1) is 23.9 Å². The van der Waals surface area contributed by atoms with Crippen LogP contribution in [0.1, 0.15) is 34.7 Å². The summed E-state index contributed by atoms with van der Waals surface area (Å²) in [5.74, 6) is 0.642. The summed E-state index contributed by atoms with van der Waals surface area (Å²) in [7, 11) is 1.78. The molecule has 8 nitrogen and oxygen atoms in total. The minimum atomic E-state index is -0.0648. The van der Waals surface area contributed by atoms with Crippen LogP contribution < -0.4 is 0 Å². The minimum Gasteiger partial charge on any atom is -0.375 e. The van der Waals surface area contributed by atoms with Crippen LogP contribution in [0.25, 0.3) is 0 Å². The molecule has 2 atom stereocenters. The number of nitrogens with zero attached hydrogens (tertiary/aromatic N) is 6. The van der Waals surface area contributed by atoms with Crippen molar-refractivity contribution in [3.8, 4) is 0 Å². The summed E-state index contributed by atoms with van der Waals surface area (Å²) in [4.78, 5) is 25.8. The quantitative estimate of drug-likeness (QED) is 0.728. The van der Waals surface area contributed by atoms with Crippen molar-refractivity contribution in [2.75, 3.05) is 39.3 Å². The number of hydrogen-bond acceptors (Lipinski definition) is 7. The van der Waals surface area contributed by atoms with Gasteiger partial charge in [0, 0.05) is 49.9 Å². The fraction of sp³-hybridized carbons (Fsp3) is 0.684. The summed E-state index contributed by atoms with van der Waals surface area (Å²) in [5.41, 5.74) is 1.10. The topological polar surface area (TPSA) is 76.4 Å². The zero-order chi connectivity index (χ0) is 19.7. The summed E-state index contributed by atoms with van der Waals surface area (Å²) in [5, 5.41) is 7.31. The third-order valence-electron chi connectivity index (χ3n) is 6.03. The van der Waals surface area contributed by atoms with Crippen molar-refractivity contribution in [1.29, 1.82) is 0 Å². The molecule has 28 heavy (non-hydrogen) atoms. The highest BCUT2D eigenvalue weighted by molar-refractivity contribution is 7.09. The van der Waals surface area contributed by atoms with E-state index < -0.39 is 0 Å². The number of amides is 1. The number of carbonyl (C=O) groups is 1. The average molecular weight is 405 g/mol. The first-order valence-corrected chi connectivity index (χ1v) is 10.7. The molecular formula is C19H28N6O2S. The van der Waals surface area contributed by atoms with Crippen molar-refractivity contribution in [3.05, 3.63) is 28.2 Å². The van der Waals surface area contributed by atoms with Crippen molar-refractivity contribution >= 4 is 17.2 Å². The number of aryl methyl sites for hydroxylation is 2. The van der Waals surface area contributed by atoms with Gasteiger partial charge in [0.15, 0.2) is 0 Å². The number of aromatic nitrogens is 4. The predicted molar refractivity (Wildman–Crippen MR) is 106 cm³/mol. The maximum Gasteiger partial charge on any atom is 0.293 e. The molecular weight excluding hydrogens is 376 g/mol. The third-order valence-corrected chi connectivity index (χ3v) is 6.85. The molecule has 0 aromatic carbocycles. The second-order valence-corrected chi connectivity index (χ2v) is 9.04. The third kappa shape index (κ3) is 3.83. The highest BCUT2D eigenvalue weighted by atomic mass is 32.1. The van der Waals surface area contributed by atoms with E-state index in [1.165, 1.54) is 0 Å². The molecule has 4 rings (SSSR count). The van der Waals surface area contributed by atoms with Crippen LogP contribution in [0.3, 0.4) is 0 Å². The zero-order valence-electron chi connectivity index (χ0n) is 16.8. The predicted octanol–water partition coefficient (Wildman–Crippen LogP) is 1.58. The van der Waals surface area contributed by atoms with Gasteiger partial charge < -0.3 is 14.5 Å². The van der Waals surface area contributed by atoms with Crippen molar-refractivity contribution in [2.45, 2.75) is 26.9 Å². The zero-order valence-corrected chi connectivity index (χ0v) is 17.6. The molecule has 1 amide bonds. The Labute approximate surface area is 169 Å². The Morgan fingerprint density at radius 2 is 2.29 bits per heavy atom. The Kier molecular flexibility index (Phi) is 5.48. The standard InChI is InChI=1S/C19H28N6O2S/c1-4-24-7-15(8-27-9-16-10-28-14(2)21-16)19(11-24)5-6-25(12-19)18(26)17-20-13-23(3)22-17/h10,13,15H,4-9,11-12H2,1-3H3/t15-,19+/m0/s1. The number of rotatable bonds is 6. The molecule has 152 valence electrons. The van der Waals surface area contributed by atoms with E-state index in [-0.39, 0.29) is 17.1 Å². The Balaban J connectivity index is 1.41. The van der Waals surface area contributed by atoms with Crippen LogP contribution in [0.4, 0.5) is 0 Å². The van der Waals surface area contributed by atoms with Crippen molar-refractivity contribution in [3.63, 3.8) is 0 Å². The summed E-state index contributed by atoms with van der Waals surface area (Å²) in [6.45, 7) is 10.1. The van der Waals surface area contributed by atoms with Gasteiger partial charge in [0.1, 0.15) is 6.33 Å². The van der Waals surface area contributed by atoms with Gasteiger partial charge in [-0.3, -0.25) is 9.48 Å². The smallest absolute Gasteiger partial charge is 0.293 e. The molecule has 0 saturated carbocycles. The van der Waals surface area contributed by atoms with E-state index in [1.807, 2.05) is 11.8 Å². The molecule has 0 radical (unpaired) electrons. The van der Waals surface area contributed by atoms with E-state index in [1.54, 1.807) is 29.4 Å². The van der Waals surface area contributed by atoms with Crippen molar-refractivity contribution < 1.29 is 9.53 Å². The minimum absolute atomic E-state index is 0.0648. The first-order valence-electron chi connectivity index (χ1n) is 9.85. The molecule has 2 saturated heterocycles.